The maximum atomic E-state index is 11.8. The van der Waals surface area contributed by atoms with E-state index < -0.39 is 29.7 Å². The summed E-state index contributed by atoms with van der Waals surface area (Å²) in [5.41, 5.74) is 1.62. The van der Waals surface area contributed by atoms with Crippen molar-refractivity contribution >= 4 is 52.2 Å². The van der Waals surface area contributed by atoms with Gasteiger partial charge in [0.2, 0.25) is 11.8 Å². The number of hydrogen-bond acceptors (Lipinski definition) is 6. The number of hydrogen-bond donors (Lipinski definition) is 3. The number of nitrogens with one attached hydrogen (secondary N) is 3. The van der Waals surface area contributed by atoms with Crippen molar-refractivity contribution in [1.82, 2.24) is 15.6 Å². The zero-order chi connectivity index (χ0) is 18.0. The van der Waals surface area contributed by atoms with Gasteiger partial charge in [0.05, 0.1) is 12.0 Å². The highest BCUT2D eigenvalue weighted by Gasteiger charge is 2.31. The van der Waals surface area contributed by atoms with Gasteiger partial charge in [-0.05, 0) is 23.8 Å². The van der Waals surface area contributed by atoms with Gasteiger partial charge in [0.25, 0.3) is 0 Å². The number of carbonyl (C=O) groups is 3. The molecular weight excluding hydrogens is 344 g/mol. The maximum absolute atomic E-state index is 11.8. The molecule has 128 valence electrons. The van der Waals surface area contributed by atoms with E-state index in [1.807, 2.05) is 24.3 Å². The van der Waals surface area contributed by atoms with Gasteiger partial charge in [0.1, 0.15) is 0 Å². The number of nitrogens with zero attached hydrogens (tertiary/aromatic N) is 1. The Morgan fingerprint density at radius 2 is 1.96 bits per heavy atom. The zero-order valence-corrected chi connectivity index (χ0v) is 13.6. The Kier molecular flexibility index (Phi) is 4.57. The van der Waals surface area contributed by atoms with E-state index in [0.29, 0.717) is 0 Å². The third-order valence-electron chi connectivity index (χ3n) is 3.81. The van der Waals surface area contributed by atoms with Crippen LogP contribution in [-0.2, 0) is 20.8 Å². The Morgan fingerprint density at radius 1 is 1.28 bits per heavy atom. The fraction of sp³-hybridized carbons (Fsp3) is 0.188. The van der Waals surface area contributed by atoms with Gasteiger partial charge in [-0.3, -0.25) is 14.6 Å². The number of carboxylic acids is 1. The minimum Gasteiger partial charge on any atom is -0.548 e. The summed E-state index contributed by atoms with van der Waals surface area (Å²) in [7, 11) is 0. The molecule has 8 nitrogen and oxygen atoms in total. The average Bonchev–Trinajstić information content (AvgIpc) is 2.95. The van der Waals surface area contributed by atoms with Crippen LogP contribution in [0.15, 0.2) is 35.5 Å². The summed E-state index contributed by atoms with van der Waals surface area (Å²) in [5.74, 6) is -3.94. The first-order valence-corrected chi connectivity index (χ1v) is 7.81. The number of benzene rings is 1. The molecule has 3 rings (SSSR count). The van der Waals surface area contributed by atoms with Crippen LogP contribution in [-0.4, -0.2) is 40.1 Å². The van der Waals surface area contributed by atoms with Crippen LogP contribution in [0.2, 0.25) is 0 Å². The number of amides is 2. The molecule has 1 saturated heterocycles. The lowest BCUT2D eigenvalue weighted by Gasteiger charge is -2.20. The molecule has 0 spiro atoms. The van der Waals surface area contributed by atoms with Crippen LogP contribution in [0.25, 0.3) is 10.9 Å². The molecule has 0 aliphatic carbocycles. The number of aromatic nitrogens is 1. The Balaban J connectivity index is 1.80. The van der Waals surface area contributed by atoms with Gasteiger partial charge in [-0.15, -0.1) is 0 Å². The van der Waals surface area contributed by atoms with Crippen LogP contribution in [0.5, 0.6) is 0 Å². The first-order chi connectivity index (χ1) is 12.0. The van der Waals surface area contributed by atoms with E-state index in [-0.39, 0.29) is 11.5 Å². The van der Waals surface area contributed by atoms with Crippen molar-refractivity contribution in [1.29, 1.82) is 0 Å². The number of rotatable bonds is 5. The summed E-state index contributed by atoms with van der Waals surface area (Å²) in [6.45, 7) is 0. The number of fused-ring (bicyclic) bond motifs is 1. The SMILES string of the molecule is O=C1NC(=S)NC(=O)C1C=N[C@@H](Cc1c[nH]c2ccccc12)C(=O)[O-]. The van der Waals surface area contributed by atoms with Crippen molar-refractivity contribution in [3.05, 3.63) is 36.0 Å². The van der Waals surface area contributed by atoms with Gasteiger partial charge >= 0.3 is 0 Å². The van der Waals surface area contributed by atoms with Crippen LogP contribution >= 0.6 is 12.2 Å². The quantitative estimate of drug-likeness (QED) is 0.361. The summed E-state index contributed by atoms with van der Waals surface area (Å²) in [6.07, 6.45) is 2.79. The lowest BCUT2D eigenvalue weighted by atomic mass is 10.0. The van der Waals surface area contributed by atoms with Gasteiger partial charge in [0, 0.05) is 29.7 Å². The smallest absolute Gasteiger partial charge is 0.244 e. The monoisotopic (exact) mass is 357 g/mol. The van der Waals surface area contributed by atoms with E-state index in [9.17, 15) is 19.5 Å². The zero-order valence-electron chi connectivity index (χ0n) is 12.8. The molecule has 0 radical (unpaired) electrons. The topological polar surface area (TPSA) is 126 Å². The minimum absolute atomic E-state index is 0.0667. The third kappa shape index (κ3) is 3.56. The fourth-order valence-corrected chi connectivity index (χ4v) is 2.76. The van der Waals surface area contributed by atoms with Gasteiger partial charge in [-0.1, -0.05) is 18.2 Å². The second-order valence-electron chi connectivity index (χ2n) is 5.48. The first-order valence-electron chi connectivity index (χ1n) is 7.40. The molecule has 9 heteroatoms. The van der Waals surface area contributed by atoms with Crippen LogP contribution in [0, 0.1) is 5.92 Å². The van der Waals surface area contributed by atoms with Crippen LogP contribution in [0.1, 0.15) is 5.56 Å². The number of thiocarbonyl (C=S) groups is 1. The van der Waals surface area contributed by atoms with Gasteiger partial charge < -0.3 is 25.5 Å². The number of para-hydroxylation sites is 1. The number of H-pyrrole nitrogens is 1. The molecule has 2 heterocycles. The van der Waals surface area contributed by atoms with Gasteiger partial charge in [-0.25, -0.2) is 0 Å². The van der Waals surface area contributed by atoms with E-state index in [4.69, 9.17) is 12.2 Å². The molecule has 2 aromatic rings. The molecule has 1 aliphatic heterocycles. The molecule has 1 aliphatic rings. The van der Waals surface area contributed by atoms with E-state index in [2.05, 4.69) is 20.6 Å². The predicted octanol–water partition coefficient (Wildman–Crippen LogP) is -0.953. The van der Waals surface area contributed by atoms with Gasteiger partial charge in [0.15, 0.2) is 11.0 Å². The summed E-state index contributed by atoms with van der Waals surface area (Å²) in [4.78, 5) is 41.9. The number of carboxylic acid groups (broad SMARTS) is 1. The highest BCUT2D eigenvalue weighted by Crippen LogP contribution is 2.19. The Bertz CT molecular complexity index is 884. The number of carbonyl (C=O) groups excluding carboxylic acids is 3. The number of aliphatic carboxylic acids is 1. The van der Waals surface area contributed by atoms with Crippen molar-refractivity contribution in [3.8, 4) is 0 Å². The van der Waals surface area contributed by atoms with Crippen LogP contribution in [0.3, 0.4) is 0 Å². The summed E-state index contributed by atoms with van der Waals surface area (Å²) in [5, 5.41) is 16.7. The van der Waals surface area contributed by atoms with Crippen molar-refractivity contribution in [2.24, 2.45) is 10.9 Å². The van der Waals surface area contributed by atoms with E-state index in [1.165, 1.54) is 0 Å². The summed E-state index contributed by atoms with van der Waals surface area (Å²) >= 11 is 4.70. The molecule has 1 aromatic heterocycles. The van der Waals surface area contributed by atoms with E-state index in [1.54, 1.807) is 6.20 Å². The molecule has 0 saturated carbocycles. The molecule has 0 unspecified atom stereocenters. The molecule has 2 amide bonds. The van der Waals surface area contributed by atoms with Crippen molar-refractivity contribution < 1.29 is 19.5 Å². The average molecular weight is 357 g/mol. The molecule has 1 aromatic carbocycles. The van der Waals surface area contributed by atoms with Crippen molar-refractivity contribution in [2.45, 2.75) is 12.5 Å². The maximum Gasteiger partial charge on any atom is 0.244 e. The van der Waals surface area contributed by atoms with Crippen LogP contribution < -0.4 is 15.7 Å². The molecule has 1 atom stereocenters. The van der Waals surface area contributed by atoms with Crippen LogP contribution in [0.4, 0.5) is 0 Å². The fourth-order valence-electron chi connectivity index (χ4n) is 2.56. The Hall–Kier alpha value is -3.07. The molecular formula is C16H13N4O4S-. The standard InChI is InChI=1S/C16H14N4O4S/c21-13-10(14(22)20-16(25)19-13)7-18-12(15(23)24)5-8-6-17-11-4-2-1-3-9(8)11/h1-4,6-7,10,12,17H,5H2,(H,23,24)(H2,19,20,21,22,25)/p-1/t12-/m0/s1. The normalized spacial score (nSPS) is 16.9. The second-order valence-corrected chi connectivity index (χ2v) is 5.89. The van der Waals surface area contributed by atoms with Crippen molar-refractivity contribution in [2.75, 3.05) is 0 Å². The lowest BCUT2D eigenvalue weighted by Crippen LogP contribution is -2.56. The molecule has 3 N–H and O–H groups in total. The number of aliphatic imine (C=N–C) groups is 1. The number of aromatic amines is 1. The summed E-state index contributed by atoms with van der Waals surface area (Å²) in [6, 6.07) is 6.21. The molecule has 25 heavy (non-hydrogen) atoms. The lowest BCUT2D eigenvalue weighted by molar-refractivity contribution is -0.307. The van der Waals surface area contributed by atoms with Gasteiger partial charge in [-0.2, -0.15) is 0 Å². The Morgan fingerprint density at radius 3 is 2.64 bits per heavy atom. The second kappa shape index (κ2) is 6.81. The first kappa shape index (κ1) is 16.8. The summed E-state index contributed by atoms with van der Waals surface area (Å²) < 4.78 is 0. The highest BCUT2D eigenvalue weighted by atomic mass is 32.1. The van der Waals surface area contributed by atoms with Crippen molar-refractivity contribution in [3.63, 3.8) is 0 Å². The van der Waals surface area contributed by atoms with E-state index >= 15 is 0 Å². The largest absolute Gasteiger partial charge is 0.548 e. The molecule has 1 fully saturated rings. The highest BCUT2D eigenvalue weighted by molar-refractivity contribution is 7.80. The third-order valence-corrected chi connectivity index (χ3v) is 4.02. The van der Waals surface area contributed by atoms with E-state index in [0.717, 1.165) is 22.7 Å². The predicted molar refractivity (Wildman–Crippen MR) is 91.7 cm³/mol. The minimum atomic E-state index is -1.39. The Labute approximate surface area is 147 Å². The molecule has 0 bridgehead atoms.